The molecule has 0 saturated carbocycles. The summed E-state index contributed by atoms with van der Waals surface area (Å²) in [5.41, 5.74) is 2.40. The van der Waals surface area contributed by atoms with Gasteiger partial charge in [0.25, 0.3) is 0 Å². The van der Waals surface area contributed by atoms with Gasteiger partial charge in [-0.1, -0.05) is 6.07 Å². The zero-order valence-electron chi connectivity index (χ0n) is 19.6. The molecule has 2 heterocycles. The Morgan fingerprint density at radius 3 is 2.39 bits per heavy atom. The first-order chi connectivity index (χ1) is 15.6. The predicted octanol–water partition coefficient (Wildman–Crippen LogP) is 1.30. The van der Waals surface area contributed by atoms with Crippen LogP contribution < -0.4 is 0 Å². The third-order valence-electron chi connectivity index (χ3n) is 7.41. The number of hydrogen-bond donors (Lipinski definition) is 0. The third kappa shape index (κ3) is 5.13. The molecule has 2 aliphatic heterocycles. The van der Waals surface area contributed by atoms with Crippen LogP contribution in [0.1, 0.15) is 44.2 Å². The van der Waals surface area contributed by atoms with Crippen molar-refractivity contribution < 1.29 is 21.6 Å². The molecule has 1 aliphatic carbocycles. The van der Waals surface area contributed by atoms with Gasteiger partial charge < -0.3 is 4.90 Å². The maximum absolute atomic E-state index is 13.2. The summed E-state index contributed by atoms with van der Waals surface area (Å²) in [5, 5.41) is 0. The van der Waals surface area contributed by atoms with Crippen LogP contribution in [0.4, 0.5) is 0 Å². The Balaban J connectivity index is 1.39. The molecule has 10 heteroatoms. The van der Waals surface area contributed by atoms with Gasteiger partial charge in [0.1, 0.15) is 0 Å². The Bertz CT molecular complexity index is 1100. The second kappa shape index (κ2) is 9.64. The number of carbonyl (C=O) groups is 1. The standard InChI is InChI=1S/C23H35N3O5S2/c1-3-26(21-10-15-32(28,29)17-21)23(27)18(2)24-11-13-25(14-12-24)33(30,31)22-9-8-19-6-4-5-7-20(19)16-22/h8-9,16,18,21H,3-7,10-15,17H2,1-2H3/t18-,21+/m1/s1. The minimum Gasteiger partial charge on any atom is -0.338 e. The van der Waals surface area contributed by atoms with Gasteiger partial charge in [-0.3, -0.25) is 9.69 Å². The Labute approximate surface area is 197 Å². The highest BCUT2D eigenvalue weighted by molar-refractivity contribution is 7.91. The lowest BCUT2D eigenvalue weighted by Gasteiger charge is -2.39. The smallest absolute Gasteiger partial charge is 0.243 e. The first-order valence-electron chi connectivity index (χ1n) is 12.0. The zero-order chi connectivity index (χ0) is 23.8. The van der Waals surface area contributed by atoms with Gasteiger partial charge in [0, 0.05) is 38.8 Å². The highest BCUT2D eigenvalue weighted by Gasteiger charge is 2.38. The van der Waals surface area contributed by atoms with E-state index < -0.39 is 25.9 Å². The second-order valence-electron chi connectivity index (χ2n) is 9.43. The van der Waals surface area contributed by atoms with Crippen LogP contribution in [-0.2, 0) is 37.5 Å². The number of benzene rings is 1. The first kappa shape index (κ1) is 24.6. The van der Waals surface area contributed by atoms with Gasteiger partial charge in [-0.2, -0.15) is 4.31 Å². The van der Waals surface area contributed by atoms with Gasteiger partial charge in [-0.25, -0.2) is 16.8 Å². The van der Waals surface area contributed by atoms with Gasteiger partial charge >= 0.3 is 0 Å². The molecule has 2 atom stereocenters. The van der Waals surface area contributed by atoms with Crippen molar-refractivity contribution in [1.82, 2.24) is 14.1 Å². The van der Waals surface area contributed by atoms with Gasteiger partial charge in [0.05, 0.1) is 22.4 Å². The summed E-state index contributed by atoms with van der Waals surface area (Å²) in [6.45, 7) is 5.79. The van der Waals surface area contributed by atoms with Crippen LogP contribution in [0, 0.1) is 0 Å². The van der Waals surface area contributed by atoms with Crippen LogP contribution in [0.3, 0.4) is 0 Å². The number of sulfonamides is 1. The molecule has 2 fully saturated rings. The maximum atomic E-state index is 13.2. The number of likely N-dealkylation sites (N-methyl/N-ethyl adjacent to an activating group) is 1. The summed E-state index contributed by atoms with van der Waals surface area (Å²) in [7, 11) is -6.64. The average Bonchev–Trinajstić information content (AvgIpc) is 3.17. The lowest BCUT2D eigenvalue weighted by molar-refractivity contribution is -0.138. The molecule has 3 aliphatic rings. The number of fused-ring (bicyclic) bond motifs is 1. The monoisotopic (exact) mass is 497 g/mol. The molecule has 0 bridgehead atoms. The van der Waals surface area contributed by atoms with Crippen LogP contribution in [0.25, 0.3) is 0 Å². The summed E-state index contributed by atoms with van der Waals surface area (Å²) >= 11 is 0. The van der Waals surface area contributed by atoms with E-state index in [-0.39, 0.29) is 23.5 Å². The van der Waals surface area contributed by atoms with Crippen molar-refractivity contribution in [3.63, 3.8) is 0 Å². The molecular weight excluding hydrogens is 462 g/mol. The average molecular weight is 498 g/mol. The van der Waals surface area contributed by atoms with E-state index in [0.29, 0.717) is 44.0 Å². The fraction of sp³-hybridized carbons (Fsp3) is 0.696. The summed E-state index contributed by atoms with van der Waals surface area (Å²) in [6.07, 6.45) is 4.69. The molecule has 4 rings (SSSR count). The van der Waals surface area contributed by atoms with E-state index in [0.717, 1.165) is 31.2 Å². The molecule has 0 N–H and O–H groups in total. The Hall–Kier alpha value is -1.49. The van der Waals surface area contributed by atoms with Crippen LogP contribution in [0.2, 0.25) is 0 Å². The number of aryl methyl sites for hydroxylation is 2. The van der Waals surface area contributed by atoms with Crippen LogP contribution in [0.5, 0.6) is 0 Å². The minimum atomic E-state index is -3.57. The summed E-state index contributed by atoms with van der Waals surface area (Å²) in [6, 6.07) is 4.85. The predicted molar refractivity (Wildman–Crippen MR) is 127 cm³/mol. The van der Waals surface area contributed by atoms with Crippen molar-refractivity contribution in [1.29, 1.82) is 0 Å². The van der Waals surface area contributed by atoms with Gasteiger partial charge in [-0.15, -0.1) is 0 Å². The highest BCUT2D eigenvalue weighted by Crippen LogP contribution is 2.27. The number of sulfone groups is 1. The number of rotatable bonds is 6. The highest BCUT2D eigenvalue weighted by atomic mass is 32.2. The lowest BCUT2D eigenvalue weighted by atomic mass is 9.92. The molecule has 2 saturated heterocycles. The van der Waals surface area contributed by atoms with E-state index in [9.17, 15) is 21.6 Å². The molecule has 1 amide bonds. The van der Waals surface area contributed by atoms with Gasteiger partial charge in [0.2, 0.25) is 15.9 Å². The molecular formula is C23H35N3O5S2. The largest absolute Gasteiger partial charge is 0.338 e. The molecule has 33 heavy (non-hydrogen) atoms. The molecule has 0 radical (unpaired) electrons. The summed E-state index contributed by atoms with van der Waals surface area (Å²) in [4.78, 5) is 17.2. The zero-order valence-corrected chi connectivity index (χ0v) is 21.2. The minimum absolute atomic E-state index is 0.0338. The van der Waals surface area contributed by atoms with E-state index in [4.69, 9.17) is 0 Å². The van der Waals surface area contributed by atoms with Crippen LogP contribution in [0.15, 0.2) is 23.1 Å². The van der Waals surface area contributed by atoms with E-state index in [1.807, 2.05) is 30.9 Å². The summed E-state index contributed by atoms with van der Waals surface area (Å²) < 4.78 is 51.8. The van der Waals surface area contributed by atoms with Crippen molar-refractivity contribution in [3.8, 4) is 0 Å². The maximum Gasteiger partial charge on any atom is 0.243 e. The normalized spacial score (nSPS) is 24.8. The van der Waals surface area contributed by atoms with Crippen molar-refractivity contribution in [3.05, 3.63) is 29.3 Å². The third-order valence-corrected chi connectivity index (χ3v) is 11.1. The fourth-order valence-corrected chi connectivity index (χ4v) is 8.57. The molecule has 1 aromatic carbocycles. The Morgan fingerprint density at radius 1 is 1.12 bits per heavy atom. The number of carbonyl (C=O) groups excluding carboxylic acids is 1. The van der Waals surface area contributed by atoms with Crippen LogP contribution >= 0.6 is 0 Å². The molecule has 0 spiro atoms. The topological polar surface area (TPSA) is 95.1 Å². The van der Waals surface area contributed by atoms with Gasteiger partial charge in [0.15, 0.2) is 9.84 Å². The van der Waals surface area contributed by atoms with E-state index in [2.05, 4.69) is 0 Å². The van der Waals surface area contributed by atoms with Crippen LogP contribution in [-0.4, -0.2) is 93.2 Å². The molecule has 0 aromatic heterocycles. The van der Waals surface area contributed by atoms with E-state index in [1.54, 1.807) is 11.0 Å². The summed E-state index contributed by atoms with van der Waals surface area (Å²) in [5.74, 6) is 0.0897. The Morgan fingerprint density at radius 2 is 1.79 bits per heavy atom. The van der Waals surface area contributed by atoms with E-state index in [1.165, 1.54) is 9.87 Å². The fourth-order valence-electron chi connectivity index (χ4n) is 5.36. The number of piperazine rings is 1. The number of nitrogens with zero attached hydrogens (tertiary/aromatic N) is 3. The van der Waals surface area contributed by atoms with Crippen molar-refractivity contribution in [2.24, 2.45) is 0 Å². The number of hydrogen-bond acceptors (Lipinski definition) is 6. The quantitative estimate of drug-likeness (QED) is 0.588. The Kier molecular flexibility index (Phi) is 7.19. The molecule has 184 valence electrons. The second-order valence-corrected chi connectivity index (χ2v) is 13.6. The first-order valence-corrected chi connectivity index (χ1v) is 15.3. The van der Waals surface area contributed by atoms with Crippen molar-refractivity contribution in [2.75, 3.05) is 44.2 Å². The van der Waals surface area contributed by atoms with Crippen molar-refractivity contribution in [2.45, 2.75) is 62.9 Å². The molecule has 0 unspecified atom stereocenters. The van der Waals surface area contributed by atoms with E-state index >= 15 is 0 Å². The van der Waals surface area contributed by atoms with Crippen molar-refractivity contribution >= 4 is 25.8 Å². The molecule has 8 nitrogen and oxygen atoms in total. The lowest BCUT2D eigenvalue weighted by Crippen LogP contribution is -2.56. The number of amides is 1. The SMILES string of the molecule is CCN(C(=O)[C@@H](C)N1CCN(S(=O)(=O)c2ccc3c(c2)CCCC3)CC1)[C@H]1CCS(=O)(=O)C1. The van der Waals surface area contributed by atoms with Gasteiger partial charge in [-0.05, 0) is 69.2 Å². The molecule has 1 aromatic rings.